The lowest BCUT2D eigenvalue weighted by Crippen LogP contribution is -2.47. The fraction of sp³-hybridized carbons (Fsp3) is 0.588. The zero-order chi connectivity index (χ0) is 14.4. The van der Waals surface area contributed by atoms with Crippen molar-refractivity contribution in [2.24, 2.45) is 11.7 Å². The first-order chi connectivity index (χ1) is 9.70. The largest absolute Gasteiger partial charge is 0.341 e. The SMILES string of the molecule is CCCC(N)C(=O)N1CCC(Cc2ccccc2)CC1. The summed E-state index contributed by atoms with van der Waals surface area (Å²) in [5.41, 5.74) is 7.33. The molecule has 1 amide bonds. The van der Waals surface area contributed by atoms with E-state index < -0.39 is 0 Å². The molecule has 1 unspecified atom stereocenters. The summed E-state index contributed by atoms with van der Waals surface area (Å²) in [6.45, 7) is 3.81. The number of nitrogens with zero attached hydrogens (tertiary/aromatic N) is 1. The molecule has 0 bridgehead atoms. The summed E-state index contributed by atoms with van der Waals surface area (Å²) in [5.74, 6) is 0.842. The quantitative estimate of drug-likeness (QED) is 0.897. The Labute approximate surface area is 122 Å². The van der Waals surface area contributed by atoms with E-state index in [9.17, 15) is 4.79 Å². The molecule has 2 rings (SSSR count). The van der Waals surface area contributed by atoms with Crippen LogP contribution in [0.3, 0.4) is 0 Å². The van der Waals surface area contributed by atoms with Crippen molar-refractivity contribution in [3.8, 4) is 0 Å². The second kappa shape index (κ2) is 7.44. The lowest BCUT2D eigenvalue weighted by molar-refractivity contribution is -0.134. The maximum atomic E-state index is 12.2. The molecule has 2 N–H and O–H groups in total. The zero-order valence-corrected chi connectivity index (χ0v) is 12.4. The Morgan fingerprint density at radius 1 is 1.30 bits per heavy atom. The van der Waals surface area contributed by atoms with Gasteiger partial charge in [0.2, 0.25) is 5.91 Å². The first kappa shape index (κ1) is 15.0. The van der Waals surface area contributed by atoms with Gasteiger partial charge >= 0.3 is 0 Å². The molecule has 1 aromatic rings. The molecule has 0 spiro atoms. The minimum atomic E-state index is -0.300. The number of carbonyl (C=O) groups is 1. The predicted molar refractivity (Wildman–Crippen MR) is 82.3 cm³/mol. The average Bonchev–Trinajstić information content (AvgIpc) is 2.48. The van der Waals surface area contributed by atoms with Crippen LogP contribution in [-0.2, 0) is 11.2 Å². The van der Waals surface area contributed by atoms with Gasteiger partial charge in [-0.1, -0.05) is 43.7 Å². The van der Waals surface area contributed by atoms with E-state index in [1.165, 1.54) is 5.56 Å². The van der Waals surface area contributed by atoms with Gasteiger partial charge in [0.15, 0.2) is 0 Å². The van der Waals surface area contributed by atoms with Gasteiger partial charge in [-0.15, -0.1) is 0 Å². The molecule has 0 saturated carbocycles. The minimum Gasteiger partial charge on any atom is -0.341 e. The van der Waals surface area contributed by atoms with E-state index in [0.29, 0.717) is 5.92 Å². The molecule has 1 atom stereocenters. The van der Waals surface area contributed by atoms with Gasteiger partial charge in [0, 0.05) is 13.1 Å². The summed E-state index contributed by atoms with van der Waals surface area (Å²) >= 11 is 0. The van der Waals surface area contributed by atoms with E-state index in [-0.39, 0.29) is 11.9 Å². The van der Waals surface area contributed by atoms with Crippen LogP contribution >= 0.6 is 0 Å². The third-order valence-electron chi connectivity index (χ3n) is 4.21. The number of likely N-dealkylation sites (tertiary alicyclic amines) is 1. The highest BCUT2D eigenvalue weighted by molar-refractivity contribution is 5.81. The first-order valence-corrected chi connectivity index (χ1v) is 7.79. The van der Waals surface area contributed by atoms with Crippen molar-refractivity contribution in [2.45, 2.75) is 45.1 Å². The van der Waals surface area contributed by atoms with Gasteiger partial charge in [-0.05, 0) is 37.2 Å². The van der Waals surface area contributed by atoms with Crippen molar-refractivity contribution >= 4 is 5.91 Å². The smallest absolute Gasteiger partial charge is 0.239 e. The standard InChI is InChI=1S/C17H26N2O/c1-2-6-16(18)17(20)19-11-9-15(10-12-19)13-14-7-4-3-5-8-14/h3-5,7-8,15-16H,2,6,9-13,18H2,1H3. The fourth-order valence-electron chi connectivity index (χ4n) is 2.97. The maximum Gasteiger partial charge on any atom is 0.239 e. The lowest BCUT2D eigenvalue weighted by Gasteiger charge is -2.33. The van der Waals surface area contributed by atoms with Crippen LogP contribution < -0.4 is 5.73 Å². The molecular formula is C17H26N2O. The Morgan fingerprint density at radius 3 is 2.55 bits per heavy atom. The van der Waals surface area contributed by atoms with Crippen LogP contribution in [-0.4, -0.2) is 29.9 Å². The van der Waals surface area contributed by atoms with Crippen molar-refractivity contribution in [1.82, 2.24) is 4.90 Å². The van der Waals surface area contributed by atoms with Crippen LogP contribution in [0.15, 0.2) is 30.3 Å². The van der Waals surface area contributed by atoms with E-state index in [1.807, 2.05) is 4.90 Å². The van der Waals surface area contributed by atoms with Crippen molar-refractivity contribution in [3.63, 3.8) is 0 Å². The first-order valence-electron chi connectivity index (χ1n) is 7.79. The van der Waals surface area contributed by atoms with Crippen LogP contribution in [0, 0.1) is 5.92 Å². The van der Waals surface area contributed by atoms with Gasteiger partial charge in [-0.3, -0.25) is 4.79 Å². The molecule has 1 aliphatic rings. The molecule has 1 saturated heterocycles. The summed E-state index contributed by atoms with van der Waals surface area (Å²) < 4.78 is 0. The molecule has 1 aromatic carbocycles. The zero-order valence-electron chi connectivity index (χ0n) is 12.4. The van der Waals surface area contributed by atoms with Gasteiger partial charge in [-0.25, -0.2) is 0 Å². The van der Waals surface area contributed by atoms with Gasteiger partial charge in [-0.2, -0.15) is 0 Å². The topological polar surface area (TPSA) is 46.3 Å². The number of nitrogens with two attached hydrogens (primary N) is 1. The van der Waals surface area contributed by atoms with Gasteiger partial charge in [0.1, 0.15) is 0 Å². The highest BCUT2D eigenvalue weighted by Crippen LogP contribution is 2.22. The summed E-state index contributed by atoms with van der Waals surface area (Å²) in [4.78, 5) is 14.1. The highest BCUT2D eigenvalue weighted by Gasteiger charge is 2.25. The van der Waals surface area contributed by atoms with Crippen molar-refractivity contribution < 1.29 is 4.79 Å². The molecule has 0 aliphatic carbocycles. The van der Waals surface area contributed by atoms with E-state index in [4.69, 9.17) is 5.73 Å². The van der Waals surface area contributed by atoms with Crippen LogP contribution in [0.25, 0.3) is 0 Å². The fourth-order valence-corrected chi connectivity index (χ4v) is 2.97. The number of hydrogen-bond donors (Lipinski definition) is 1. The van der Waals surface area contributed by atoms with Crippen LogP contribution in [0.2, 0.25) is 0 Å². The summed E-state index contributed by atoms with van der Waals surface area (Å²) in [6, 6.07) is 10.3. The molecule has 3 nitrogen and oxygen atoms in total. The van der Waals surface area contributed by atoms with Crippen LogP contribution in [0.1, 0.15) is 38.2 Å². The molecule has 3 heteroatoms. The second-order valence-corrected chi connectivity index (χ2v) is 5.85. The molecule has 1 aliphatic heterocycles. The molecule has 20 heavy (non-hydrogen) atoms. The number of hydrogen-bond acceptors (Lipinski definition) is 2. The van der Waals surface area contributed by atoms with Crippen molar-refractivity contribution in [2.75, 3.05) is 13.1 Å². The summed E-state index contributed by atoms with van der Waals surface area (Å²) in [6.07, 6.45) is 5.09. The number of carbonyl (C=O) groups excluding carboxylic acids is 1. The Balaban J connectivity index is 1.79. The molecule has 1 fully saturated rings. The van der Waals surface area contributed by atoms with E-state index in [2.05, 4.69) is 37.3 Å². The van der Waals surface area contributed by atoms with Gasteiger partial charge in [0.25, 0.3) is 0 Å². The Kier molecular flexibility index (Phi) is 5.60. The van der Waals surface area contributed by atoms with Gasteiger partial charge in [0.05, 0.1) is 6.04 Å². The van der Waals surface area contributed by atoms with E-state index >= 15 is 0 Å². The summed E-state index contributed by atoms with van der Waals surface area (Å²) in [5, 5.41) is 0. The van der Waals surface area contributed by atoms with E-state index in [1.54, 1.807) is 0 Å². The normalized spacial score (nSPS) is 18.0. The molecule has 0 radical (unpaired) electrons. The monoisotopic (exact) mass is 274 g/mol. The molecule has 110 valence electrons. The number of amides is 1. The van der Waals surface area contributed by atoms with Crippen LogP contribution in [0.5, 0.6) is 0 Å². The summed E-state index contributed by atoms with van der Waals surface area (Å²) in [7, 11) is 0. The van der Waals surface area contributed by atoms with Crippen LogP contribution in [0.4, 0.5) is 0 Å². The Morgan fingerprint density at radius 2 is 1.95 bits per heavy atom. The van der Waals surface area contributed by atoms with Crippen molar-refractivity contribution in [3.05, 3.63) is 35.9 Å². The third-order valence-corrected chi connectivity index (χ3v) is 4.21. The molecule has 0 aromatic heterocycles. The molecular weight excluding hydrogens is 248 g/mol. The second-order valence-electron chi connectivity index (χ2n) is 5.85. The maximum absolute atomic E-state index is 12.2. The Hall–Kier alpha value is -1.35. The minimum absolute atomic E-state index is 0.144. The number of piperidine rings is 1. The average molecular weight is 274 g/mol. The van der Waals surface area contributed by atoms with Crippen molar-refractivity contribution in [1.29, 1.82) is 0 Å². The number of rotatable bonds is 5. The van der Waals surface area contributed by atoms with E-state index in [0.717, 1.165) is 45.2 Å². The number of benzene rings is 1. The third kappa shape index (κ3) is 4.07. The lowest BCUT2D eigenvalue weighted by atomic mass is 9.90. The Bertz CT molecular complexity index is 410. The van der Waals surface area contributed by atoms with Gasteiger partial charge < -0.3 is 10.6 Å². The molecule has 1 heterocycles. The predicted octanol–water partition coefficient (Wildman–Crippen LogP) is 2.60. The highest BCUT2D eigenvalue weighted by atomic mass is 16.2.